The summed E-state index contributed by atoms with van der Waals surface area (Å²) >= 11 is 0. The molecule has 2 nitrogen and oxygen atoms in total. The quantitative estimate of drug-likeness (QED) is 0.840. The molecule has 16 heavy (non-hydrogen) atoms. The lowest BCUT2D eigenvalue weighted by atomic mass is 9.87. The molecule has 0 aromatic heterocycles. The van der Waals surface area contributed by atoms with Gasteiger partial charge in [0.15, 0.2) is 0 Å². The van der Waals surface area contributed by atoms with Gasteiger partial charge >= 0.3 is 0 Å². The third-order valence-electron chi connectivity index (χ3n) is 3.34. The summed E-state index contributed by atoms with van der Waals surface area (Å²) in [7, 11) is 1.76. The molecular formula is C14H21NO. The Kier molecular flexibility index (Phi) is 3.83. The van der Waals surface area contributed by atoms with Crippen LogP contribution < -0.4 is 10.1 Å². The molecular weight excluding hydrogens is 198 g/mol. The maximum atomic E-state index is 5.41. The first-order valence-corrected chi connectivity index (χ1v) is 6.23. The molecule has 0 heterocycles. The van der Waals surface area contributed by atoms with Gasteiger partial charge in [0.2, 0.25) is 0 Å². The highest BCUT2D eigenvalue weighted by atomic mass is 16.5. The van der Waals surface area contributed by atoms with E-state index in [1.807, 2.05) is 0 Å². The molecule has 1 atom stereocenters. The maximum absolute atomic E-state index is 5.41. The van der Waals surface area contributed by atoms with E-state index in [9.17, 15) is 0 Å². The van der Waals surface area contributed by atoms with Gasteiger partial charge in [-0.15, -0.1) is 0 Å². The SMILES string of the molecule is CCCN[C@@H]1CCc2c(cccc2OC)C1. The number of hydrogen-bond acceptors (Lipinski definition) is 2. The Morgan fingerprint density at radius 2 is 2.31 bits per heavy atom. The lowest BCUT2D eigenvalue weighted by Crippen LogP contribution is -2.35. The van der Waals surface area contributed by atoms with Crippen molar-refractivity contribution in [2.24, 2.45) is 0 Å². The molecule has 0 bridgehead atoms. The van der Waals surface area contributed by atoms with Gasteiger partial charge in [-0.2, -0.15) is 0 Å². The van der Waals surface area contributed by atoms with E-state index in [0.29, 0.717) is 6.04 Å². The molecule has 1 N–H and O–H groups in total. The van der Waals surface area contributed by atoms with E-state index in [-0.39, 0.29) is 0 Å². The molecule has 0 spiro atoms. The van der Waals surface area contributed by atoms with Gasteiger partial charge in [0.25, 0.3) is 0 Å². The molecule has 0 fully saturated rings. The van der Waals surface area contributed by atoms with Crippen molar-refractivity contribution in [2.45, 2.75) is 38.6 Å². The third-order valence-corrected chi connectivity index (χ3v) is 3.34. The zero-order chi connectivity index (χ0) is 11.4. The fourth-order valence-corrected chi connectivity index (χ4v) is 2.49. The van der Waals surface area contributed by atoms with Crippen LogP contribution in [0.4, 0.5) is 0 Å². The van der Waals surface area contributed by atoms with Crippen LogP contribution in [0.3, 0.4) is 0 Å². The van der Waals surface area contributed by atoms with Crippen LogP contribution >= 0.6 is 0 Å². The summed E-state index contributed by atoms with van der Waals surface area (Å²) in [5.41, 5.74) is 2.87. The molecule has 88 valence electrons. The van der Waals surface area contributed by atoms with Crippen LogP contribution in [0.2, 0.25) is 0 Å². The summed E-state index contributed by atoms with van der Waals surface area (Å²) < 4.78 is 5.41. The van der Waals surface area contributed by atoms with Gasteiger partial charge in [0.1, 0.15) is 5.75 Å². The van der Waals surface area contributed by atoms with E-state index in [2.05, 4.69) is 30.4 Å². The molecule has 0 aliphatic heterocycles. The first-order valence-electron chi connectivity index (χ1n) is 6.23. The molecule has 2 heteroatoms. The average molecular weight is 219 g/mol. The van der Waals surface area contributed by atoms with Crippen molar-refractivity contribution in [3.8, 4) is 5.75 Å². The Morgan fingerprint density at radius 1 is 1.44 bits per heavy atom. The van der Waals surface area contributed by atoms with Crippen LogP contribution in [0.25, 0.3) is 0 Å². The predicted molar refractivity (Wildman–Crippen MR) is 67.1 cm³/mol. The second-order valence-electron chi connectivity index (χ2n) is 4.49. The number of rotatable bonds is 4. The fourth-order valence-electron chi connectivity index (χ4n) is 2.49. The van der Waals surface area contributed by atoms with Gasteiger partial charge in [-0.25, -0.2) is 0 Å². The molecule has 2 rings (SSSR count). The van der Waals surface area contributed by atoms with E-state index < -0.39 is 0 Å². The fraction of sp³-hybridized carbons (Fsp3) is 0.571. The molecule has 0 saturated heterocycles. The third kappa shape index (κ3) is 2.38. The van der Waals surface area contributed by atoms with Crippen LogP contribution in [0.5, 0.6) is 5.75 Å². The molecule has 0 saturated carbocycles. The molecule has 1 aliphatic carbocycles. The Hall–Kier alpha value is -1.02. The van der Waals surface area contributed by atoms with E-state index in [4.69, 9.17) is 4.74 Å². The summed E-state index contributed by atoms with van der Waals surface area (Å²) in [6.45, 7) is 3.34. The Balaban J connectivity index is 2.09. The van der Waals surface area contributed by atoms with Crippen LogP contribution in [-0.2, 0) is 12.8 Å². The van der Waals surface area contributed by atoms with Gasteiger partial charge in [0.05, 0.1) is 7.11 Å². The molecule has 1 aromatic rings. The van der Waals surface area contributed by atoms with Crippen molar-refractivity contribution in [1.82, 2.24) is 5.32 Å². The van der Waals surface area contributed by atoms with E-state index in [1.165, 1.54) is 24.0 Å². The standard InChI is InChI=1S/C14H21NO/c1-3-9-15-12-7-8-13-11(10-12)5-4-6-14(13)16-2/h4-6,12,15H,3,7-10H2,1-2H3/t12-/m1/s1. The first kappa shape index (κ1) is 11.5. The molecule has 1 aliphatic rings. The Morgan fingerprint density at radius 3 is 3.06 bits per heavy atom. The summed E-state index contributed by atoms with van der Waals surface area (Å²) in [6.07, 6.45) is 4.72. The normalized spacial score (nSPS) is 19.2. The monoisotopic (exact) mass is 219 g/mol. The molecule has 0 unspecified atom stereocenters. The lowest BCUT2D eigenvalue weighted by molar-refractivity contribution is 0.397. The van der Waals surface area contributed by atoms with Gasteiger partial charge < -0.3 is 10.1 Å². The topological polar surface area (TPSA) is 21.3 Å². The maximum Gasteiger partial charge on any atom is 0.122 e. The lowest BCUT2D eigenvalue weighted by Gasteiger charge is -2.26. The summed E-state index contributed by atoms with van der Waals surface area (Å²) in [5.74, 6) is 1.06. The largest absolute Gasteiger partial charge is 0.496 e. The first-order chi connectivity index (χ1) is 7.85. The van der Waals surface area contributed by atoms with Crippen molar-refractivity contribution in [1.29, 1.82) is 0 Å². The summed E-state index contributed by atoms with van der Waals surface area (Å²) in [5, 5.41) is 3.61. The van der Waals surface area contributed by atoms with Crippen molar-refractivity contribution in [3.05, 3.63) is 29.3 Å². The summed E-state index contributed by atoms with van der Waals surface area (Å²) in [6, 6.07) is 7.05. The van der Waals surface area contributed by atoms with E-state index in [0.717, 1.165) is 25.1 Å². The number of benzene rings is 1. The van der Waals surface area contributed by atoms with Gasteiger partial charge in [0, 0.05) is 6.04 Å². The highest BCUT2D eigenvalue weighted by Gasteiger charge is 2.20. The number of fused-ring (bicyclic) bond motifs is 1. The van der Waals surface area contributed by atoms with Crippen LogP contribution in [-0.4, -0.2) is 19.7 Å². The Labute approximate surface area is 98.0 Å². The van der Waals surface area contributed by atoms with Crippen molar-refractivity contribution >= 4 is 0 Å². The Bertz CT molecular complexity index is 349. The molecule has 0 radical (unpaired) electrons. The minimum Gasteiger partial charge on any atom is -0.496 e. The van der Waals surface area contributed by atoms with E-state index >= 15 is 0 Å². The van der Waals surface area contributed by atoms with Crippen LogP contribution in [0.1, 0.15) is 30.9 Å². The van der Waals surface area contributed by atoms with Crippen molar-refractivity contribution < 1.29 is 4.74 Å². The van der Waals surface area contributed by atoms with E-state index in [1.54, 1.807) is 7.11 Å². The predicted octanol–water partition coefficient (Wildman–Crippen LogP) is 2.55. The van der Waals surface area contributed by atoms with Crippen LogP contribution in [0.15, 0.2) is 18.2 Å². The molecule has 1 aromatic carbocycles. The number of ether oxygens (including phenoxy) is 1. The van der Waals surface area contributed by atoms with Gasteiger partial charge in [-0.05, 0) is 49.4 Å². The number of hydrogen-bond donors (Lipinski definition) is 1. The van der Waals surface area contributed by atoms with Crippen LogP contribution in [0, 0.1) is 0 Å². The second kappa shape index (κ2) is 5.35. The second-order valence-corrected chi connectivity index (χ2v) is 4.49. The summed E-state index contributed by atoms with van der Waals surface area (Å²) in [4.78, 5) is 0. The number of nitrogens with one attached hydrogen (secondary N) is 1. The minimum atomic E-state index is 0.652. The highest BCUT2D eigenvalue weighted by molar-refractivity contribution is 5.42. The smallest absolute Gasteiger partial charge is 0.122 e. The van der Waals surface area contributed by atoms with Crippen molar-refractivity contribution in [3.63, 3.8) is 0 Å². The van der Waals surface area contributed by atoms with Gasteiger partial charge in [-0.3, -0.25) is 0 Å². The minimum absolute atomic E-state index is 0.652. The average Bonchev–Trinajstić information content (AvgIpc) is 2.35. The molecule has 0 amide bonds. The van der Waals surface area contributed by atoms with Crippen molar-refractivity contribution in [2.75, 3.05) is 13.7 Å². The highest BCUT2D eigenvalue weighted by Crippen LogP contribution is 2.29. The number of methoxy groups -OCH3 is 1. The zero-order valence-corrected chi connectivity index (χ0v) is 10.3. The zero-order valence-electron chi connectivity index (χ0n) is 10.3. The van der Waals surface area contributed by atoms with Gasteiger partial charge in [-0.1, -0.05) is 19.1 Å².